The van der Waals surface area contributed by atoms with Gasteiger partial charge in [0.15, 0.2) is 0 Å². The monoisotopic (exact) mass is 382 g/mol. The number of amides is 2. The van der Waals surface area contributed by atoms with E-state index in [2.05, 4.69) is 10.6 Å². The van der Waals surface area contributed by atoms with E-state index in [0.717, 1.165) is 5.57 Å². The number of aliphatic hydroxyl groups excluding tert-OH is 1. The highest BCUT2D eigenvalue weighted by atomic mass is 16.3. The largest absolute Gasteiger partial charge is 0.509 e. The van der Waals surface area contributed by atoms with Gasteiger partial charge in [-0.05, 0) is 63.6 Å². The number of rotatable bonds is 5. The molecule has 5 heteroatoms. The van der Waals surface area contributed by atoms with E-state index >= 15 is 0 Å². The second-order valence-electron chi connectivity index (χ2n) is 8.41. The molecular weight excluding hydrogens is 352 g/mol. The van der Waals surface area contributed by atoms with Crippen LogP contribution in [0.1, 0.15) is 70.8 Å². The van der Waals surface area contributed by atoms with Gasteiger partial charge >= 0.3 is 0 Å². The van der Waals surface area contributed by atoms with Gasteiger partial charge in [-0.15, -0.1) is 0 Å². The first-order valence-corrected chi connectivity index (χ1v) is 10.1. The Balaban J connectivity index is 1.72. The molecule has 0 spiro atoms. The summed E-state index contributed by atoms with van der Waals surface area (Å²) in [7, 11) is 0. The number of nitrogens with one attached hydrogen (secondary N) is 2. The topological polar surface area (TPSA) is 78.4 Å². The number of hydrogen-bond acceptors (Lipinski definition) is 3. The van der Waals surface area contributed by atoms with Gasteiger partial charge in [-0.1, -0.05) is 43.0 Å². The Morgan fingerprint density at radius 1 is 1.21 bits per heavy atom. The van der Waals surface area contributed by atoms with Gasteiger partial charge in [-0.3, -0.25) is 9.59 Å². The predicted octanol–water partition coefficient (Wildman–Crippen LogP) is 4.73. The van der Waals surface area contributed by atoms with E-state index < -0.39 is 17.4 Å². The van der Waals surface area contributed by atoms with Gasteiger partial charge in [0.25, 0.3) is 11.8 Å². The number of benzene rings is 1. The minimum absolute atomic E-state index is 0.202. The zero-order chi connectivity index (χ0) is 20.3. The molecule has 1 aromatic carbocycles. The normalized spacial score (nSPS) is 22.8. The maximum atomic E-state index is 12.6. The molecule has 1 aliphatic heterocycles. The minimum Gasteiger partial charge on any atom is -0.509 e. The summed E-state index contributed by atoms with van der Waals surface area (Å²) in [6.07, 6.45) is 8.67. The number of carbonyl (C=O) groups excluding carboxylic acids is 2. The molecule has 1 aliphatic carbocycles. The minimum atomic E-state index is -0.953. The van der Waals surface area contributed by atoms with Crippen molar-refractivity contribution in [1.82, 2.24) is 5.32 Å². The van der Waals surface area contributed by atoms with Crippen molar-refractivity contribution in [1.29, 1.82) is 0 Å². The van der Waals surface area contributed by atoms with Crippen LogP contribution in [-0.2, 0) is 9.59 Å². The van der Waals surface area contributed by atoms with E-state index in [1.54, 1.807) is 6.92 Å². The Bertz CT molecular complexity index is 813. The van der Waals surface area contributed by atoms with E-state index in [4.69, 9.17) is 0 Å². The smallest absolute Gasteiger partial charge is 0.264 e. The first-order chi connectivity index (χ1) is 13.3. The summed E-state index contributed by atoms with van der Waals surface area (Å²) in [5, 5.41) is 16.0. The molecule has 3 N–H and O–H groups in total. The van der Waals surface area contributed by atoms with Gasteiger partial charge in [0.2, 0.25) is 0 Å². The van der Waals surface area contributed by atoms with Crippen LogP contribution in [0, 0.1) is 0 Å². The average molecular weight is 383 g/mol. The molecule has 1 unspecified atom stereocenters. The van der Waals surface area contributed by atoms with Crippen LogP contribution in [0.25, 0.3) is 0 Å². The molecule has 0 bridgehead atoms. The summed E-state index contributed by atoms with van der Waals surface area (Å²) in [5.41, 5.74) is 1.84. The van der Waals surface area contributed by atoms with Gasteiger partial charge in [0, 0.05) is 5.69 Å². The molecule has 3 rings (SSSR count). The SMILES string of the molecule is CC(C)=CCC1(C)NC(=O)C(C(=O)Nc2ccc(C3CCCCC3)cc2)=C1O. The van der Waals surface area contributed by atoms with Gasteiger partial charge < -0.3 is 15.7 Å². The van der Waals surface area contributed by atoms with Crippen LogP contribution < -0.4 is 10.6 Å². The number of anilines is 1. The summed E-state index contributed by atoms with van der Waals surface area (Å²) in [5.74, 6) is -0.729. The van der Waals surface area contributed by atoms with E-state index in [1.807, 2.05) is 44.2 Å². The van der Waals surface area contributed by atoms with E-state index in [9.17, 15) is 14.7 Å². The van der Waals surface area contributed by atoms with E-state index in [-0.39, 0.29) is 11.3 Å². The summed E-state index contributed by atoms with van der Waals surface area (Å²) in [4.78, 5) is 25.0. The predicted molar refractivity (Wildman–Crippen MR) is 111 cm³/mol. The fraction of sp³-hybridized carbons (Fsp3) is 0.478. The molecular formula is C23H30N2O3. The number of hydrogen-bond donors (Lipinski definition) is 3. The van der Waals surface area contributed by atoms with Crippen molar-refractivity contribution in [3.63, 3.8) is 0 Å². The van der Waals surface area contributed by atoms with Crippen LogP contribution in [0.2, 0.25) is 0 Å². The molecule has 0 saturated heterocycles. The zero-order valence-electron chi connectivity index (χ0n) is 17.0. The van der Waals surface area contributed by atoms with E-state index in [1.165, 1.54) is 37.7 Å². The Kier molecular flexibility index (Phi) is 5.92. The van der Waals surface area contributed by atoms with Gasteiger partial charge in [0.1, 0.15) is 11.3 Å². The van der Waals surface area contributed by atoms with Crippen molar-refractivity contribution < 1.29 is 14.7 Å². The average Bonchev–Trinajstić information content (AvgIpc) is 2.90. The molecule has 1 fully saturated rings. The molecule has 1 atom stereocenters. The maximum Gasteiger partial charge on any atom is 0.264 e. The number of allylic oxidation sites excluding steroid dienone is 1. The number of carbonyl (C=O) groups is 2. The Morgan fingerprint density at radius 2 is 1.86 bits per heavy atom. The van der Waals surface area contributed by atoms with Crippen LogP contribution >= 0.6 is 0 Å². The lowest BCUT2D eigenvalue weighted by Gasteiger charge is -2.23. The molecule has 0 radical (unpaired) electrons. The lowest BCUT2D eigenvalue weighted by atomic mass is 9.84. The van der Waals surface area contributed by atoms with Crippen LogP contribution in [0.3, 0.4) is 0 Å². The molecule has 0 aromatic heterocycles. The maximum absolute atomic E-state index is 12.6. The van der Waals surface area contributed by atoms with Crippen molar-refractivity contribution in [2.24, 2.45) is 0 Å². The number of aliphatic hydroxyl groups is 1. The Morgan fingerprint density at radius 3 is 2.46 bits per heavy atom. The highest BCUT2D eigenvalue weighted by Gasteiger charge is 2.43. The van der Waals surface area contributed by atoms with Gasteiger partial charge in [-0.25, -0.2) is 0 Å². The molecule has 2 amide bonds. The van der Waals surface area contributed by atoms with Crippen LogP contribution in [-0.4, -0.2) is 22.5 Å². The highest BCUT2D eigenvalue weighted by molar-refractivity contribution is 6.24. The van der Waals surface area contributed by atoms with Crippen LogP contribution in [0.4, 0.5) is 5.69 Å². The fourth-order valence-corrected chi connectivity index (χ4v) is 3.99. The molecule has 28 heavy (non-hydrogen) atoms. The first kappa shape index (κ1) is 20.2. The summed E-state index contributed by atoms with van der Waals surface area (Å²) in [6.45, 7) is 5.62. The third-order valence-corrected chi connectivity index (χ3v) is 5.77. The zero-order valence-corrected chi connectivity index (χ0v) is 17.0. The van der Waals surface area contributed by atoms with Crippen LogP contribution in [0.15, 0.2) is 47.2 Å². The lowest BCUT2D eigenvalue weighted by molar-refractivity contribution is -0.121. The van der Waals surface area contributed by atoms with Gasteiger partial charge in [-0.2, -0.15) is 0 Å². The molecule has 5 nitrogen and oxygen atoms in total. The standard InChI is InChI=1S/C23H30N2O3/c1-15(2)13-14-23(3)20(26)19(22(28)25-23)21(27)24-18-11-9-17(10-12-18)16-7-5-4-6-8-16/h9-13,16,26H,4-8,14H2,1-3H3,(H,24,27)(H,25,28). The Labute approximate surface area is 166 Å². The summed E-state index contributed by atoms with van der Waals surface area (Å²) >= 11 is 0. The quantitative estimate of drug-likeness (QED) is 0.509. The van der Waals surface area contributed by atoms with Crippen molar-refractivity contribution in [2.75, 3.05) is 5.32 Å². The fourth-order valence-electron chi connectivity index (χ4n) is 3.99. The third kappa shape index (κ3) is 4.29. The summed E-state index contributed by atoms with van der Waals surface area (Å²) in [6, 6.07) is 7.84. The van der Waals surface area contributed by atoms with Crippen LogP contribution in [0.5, 0.6) is 0 Å². The summed E-state index contributed by atoms with van der Waals surface area (Å²) < 4.78 is 0. The second-order valence-corrected chi connectivity index (χ2v) is 8.41. The molecule has 1 heterocycles. The Hall–Kier alpha value is -2.56. The second kappa shape index (κ2) is 8.21. The van der Waals surface area contributed by atoms with Crippen molar-refractivity contribution in [3.05, 3.63) is 52.8 Å². The molecule has 2 aliphatic rings. The highest BCUT2D eigenvalue weighted by Crippen LogP contribution is 2.33. The molecule has 1 aromatic rings. The molecule has 150 valence electrons. The van der Waals surface area contributed by atoms with Crippen molar-refractivity contribution in [2.45, 2.75) is 70.8 Å². The third-order valence-electron chi connectivity index (χ3n) is 5.77. The van der Waals surface area contributed by atoms with E-state index in [0.29, 0.717) is 18.0 Å². The lowest BCUT2D eigenvalue weighted by Crippen LogP contribution is -2.41. The van der Waals surface area contributed by atoms with Crippen molar-refractivity contribution in [3.8, 4) is 0 Å². The molecule has 1 saturated carbocycles. The van der Waals surface area contributed by atoms with Crippen molar-refractivity contribution >= 4 is 17.5 Å². The first-order valence-electron chi connectivity index (χ1n) is 10.1. The van der Waals surface area contributed by atoms with Gasteiger partial charge in [0.05, 0.1) is 5.54 Å².